The summed E-state index contributed by atoms with van der Waals surface area (Å²) in [6, 6.07) is 10.8. The fourth-order valence-electron chi connectivity index (χ4n) is 4.77. The van der Waals surface area contributed by atoms with Crippen molar-refractivity contribution in [1.82, 2.24) is 4.90 Å². The van der Waals surface area contributed by atoms with Crippen LogP contribution in [0.3, 0.4) is 0 Å². The Morgan fingerprint density at radius 1 is 1.09 bits per heavy atom. The zero-order valence-corrected chi connectivity index (χ0v) is 18.0. The molecular formula is C25H26FN2O4+. The summed E-state index contributed by atoms with van der Waals surface area (Å²) >= 11 is 0. The molecule has 0 radical (unpaired) electrons. The van der Waals surface area contributed by atoms with Crippen LogP contribution < -0.4 is 10.3 Å². The molecule has 1 aromatic heterocycles. The van der Waals surface area contributed by atoms with E-state index in [1.807, 2.05) is 13.0 Å². The molecule has 3 heterocycles. The summed E-state index contributed by atoms with van der Waals surface area (Å²) in [6.07, 6.45) is 0.791. The molecule has 1 unspecified atom stereocenters. The molecule has 1 amide bonds. The molecule has 1 fully saturated rings. The number of amides is 1. The first-order valence-corrected chi connectivity index (χ1v) is 11.1. The Labute approximate surface area is 185 Å². The zero-order valence-electron chi connectivity index (χ0n) is 18.0. The highest BCUT2D eigenvalue weighted by Crippen LogP contribution is 2.38. The molecule has 6 nitrogen and oxygen atoms in total. The summed E-state index contributed by atoms with van der Waals surface area (Å²) < 4.78 is 25.0. The van der Waals surface area contributed by atoms with Gasteiger partial charge in [0.05, 0.1) is 36.8 Å². The Hall–Kier alpha value is -3.03. The second-order valence-electron chi connectivity index (χ2n) is 8.59. The lowest BCUT2D eigenvalue weighted by Gasteiger charge is -2.27. The largest absolute Gasteiger partial charge is 0.450 e. The van der Waals surface area contributed by atoms with E-state index in [-0.39, 0.29) is 22.9 Å². The fourth-order valence-corrected chi connectivity index (χ4v) is 4.77. The van der Waals surface area contributed by atoms with Crippen LogP contribution in [0.25, 0.3) is 11.0 Å². The highest BCUT2D eigenvalue weighted by Gasteiger charge is 2.42. The number of carbonyl (C=O) groups excluding carboxylic acids is 1. The molecule has 7 heteroatoms. The Morgan fingerprint density at radius 2 is 1.84 bits per heavy atom. The van der Waals surface area contributed by atoms with Gasteiger partial charge in [-0.3, -0.25) is 9.59 Å². The minimum absolute atomic E-state index is 0.0967. The third kappa shape index (κ3) is 3.72. The van der Waals surface area contributed by atoms with Gasteiger partial charge >= 0.3 is 0 Å². The van der Waals surface area contributed by atoms with Crippen molar-refractivity contribution >= 4 is 16.9 Å². The number of nitrogens with zero attached hydrogens (tertiary/aromatic N) is 1. The number of rotatable bonds is 5. The average Bonchev–Trinajstić information content (AvgIpc) is 3.08. The van der Waals surface area contributed by atoms with Crippen molar-refractivity contribution in [3.05, 3.63) is 81.0 Å². The molecule has 3 aromatic rings. The minimum Gasteiger partial charge on any atom is -0.450 e. The Morgan fingerprint density at radius 3 is 2.59 bits per heavy atom. The van der Waals surface area contributed by atoms with Gasteiger partial charge < -0.3 is 19.0 Å². The van der Waals surface area contributed by atoms with E-state index in [4.69, 9.17) is 9.15 Å². The smallest absolute Gasteiger partial charge is 0.290 e. The molecule has 0 saturated carbocycles. The second-order valence-corrected chi connectivity index (χ2v) is 8.59. The molecule has 1 N–H and O–H groups in total. The normalized spacial score (nSPS) is 19.0. The number of ether oxygens (including phenoxy) is 1. The van der Waals surface area contributed by atoms with Crippen LogP contribution in [0, 0.1) is 12.7 Å². The SMILES string of the molecule is Cc1ccc2oc3c(c(=O)c2c1)C(c1ccc(F)cc1)N(CCC[NH+]1CCOCC1)C3=O. The van der Waals surface area contributed by atoms with E-state index in [1.54, 1.807) is 29.2 Å². The summed E-state index contributed by atoms with van der Waals surface area (Å²) in [5.41, 5.74) is 2.20. The van der Waals surface area contributed by atoms with Gasteiger partial charge in [-0.15, -0.1) is 0 Å². The minimum atomic E-state index is -0.584. The van der Waals surface area contributed by atoms with Crippen molar-refractivity contribution in [2.75, 3.05) is 39.4 Å². The van der Waals surface area contributed by atoms with Crippen LogP contribution in [0.5, 0.6) is 0 Å². The van der Waals surface area contributed by atoms with E-state index in [2.05, 4.69) is 0 Å². The number of nitrogens with one attached hydrogen (secondary N) is 1. The number of halogens is 1. The number of morpholine rings is 1. The standard InChI is InChI=1S/C25H25FN2O4/c1-16-3-8-20-19(15-16)23(29)21-22(17-4-6-18(26)7-5-17)28(25(30)24(21)32-20)10-2-9-27-11-13-31-14-12-27/h3-8,15,22H,2,9-14H2,1H3/p+1. The van der Waals surface area contributed by atoms with Crippen molar-refractivity contribution in [3.63, 3.8) is 0 Å². The number of quaternary nitrogens is 1. The molecule has 166 valence electrons. The molecule has 32 heavy (non-hydrogen) atoms. The van der Waals surface area contributed by atoms with Gasteiger partial charge in [0.2, 0.25) is 5.76 Å². The summed E-state index contributed by atoms with van der Waals surface area (Å²) in [5, 5.41) is 0.461. The third-order valence-corrected chi connectivity index (χ3v) is 6.44. The van der Waals surface area contributed by atoms with Crippen LogP contribution >= 0.6 is 0 Å². The summed E-state index contributed by atoms with van der Waals surface area (Å²) in [5.74, 6) is -0.549. The van der Waals surface area contributed by atoms with E-state index in [0.717, 1.165) is 44.8 Å². The highest BCUT2D eigenvalue weighted by molar-refractivity contribution is 5.99. The topological polar surface area (TPSA) is 64.2 Å². The number of aryl methyl sites for hydroxylation is 1. The molecule has 0 aliphatic carbocycles. The number of hydrogen-bond donors (Lipinski definition) is 1. The van der Waals surface area contributed by atoms with E-state index < -0.39 is 6.04 Å². The van der Waals surface area contributed by atoms with Crippen molar-refractivity contribution in [2.24, 2.45) is 0 Å². The van der Waals surface area contributed by atoms with Crippen molar-refractivity contribution in [1.29, 1.82) is 0 Å². The van der Waals surface area contributed by atoms with Gasteiger partial charge in [0, 0.05) is 13.0 Å². The Kier molecular flexibility index (Phi) is 5.53. The molecule has 5 rings (SSSR count). The van der Waals surface area contributed by atoms with Crippen LogP contribution in [-0.2, 0) is 4.74 Å². The maximum Gasteiger partial charge on any atom is 0.290 e. The quantitative estimate of drug-likeness (QED) is 0.664. The van der Waals surface area contributed by atoms with Gasteiger partial charge in [0.1, 0.15) is 24.5 Å². The van der Waals surface area contributed by atoms with Crippen LogP contribution in [-0.4, -0.2) is 50.2 Å². The first-order valence-electron chi connectivity index (χ1n) is 11.1. The zero-order chi connectivity index (χ0) is 22.2. The maximum absolute atomic E-state index is 13.6. The van der Waals surface area contributed by atoms with Gasteiger partial charge in [-0.1, -0.05) is 23.8 Å². The monoisotopic (exact) mass is 437 g/mol. The third-order valence-electron chi connectivity index (χ3n) is 6.44. The summed E-state index contributed by atoms with van der Waals surface area (Å²) in [6.45, 7) is 6.75. The number of carbonyl (C=O) groups is 1. The van der Waals surface area contributed by atoms with Crippen molar-refractivity contribution < 1.29 is 23.2 Å². The molecule has 1 atom stereocenters. The maximum atomic E-state index is 13.6. The lowest BCUT2D eigenvalue weighted by molar-refractivity contribution is -0.908. The Bertz CT molecular complexity index is 1220. The molecular weight excluding hydrogens is 411 g/mol. The molecule has 2 aliphatic heterocycles. The lowest BCUT2D eigenvalue weighted by Crippen LogP contribution is -3.14. The van der Waals surface area contributed by atoms with Crippen LogP contribution in [0.15, 0.2) is 51.7 Å². The summed E-state index contributed by atoms with van der Waals surface area (Å²) in [7, 11) is 0. The van der Waals surface area contributed by atoms with E-state index in [1.165, 1.54) is 17.0 Å². The van der Waals surface area contributed by atoms with Crippen LogP contribution in [0.2, 0.25) is 0 Å². The first-order chi connectivity index (χ1) is 15.5. The first kappa shape index (κ1) is 20.8. The molecule has 2 aromatic carbocycles. The molecule has 2 aliphatic rings. The summed E-state index contributed by atoms with van der Waals surface area (Å²) in [4.78, 5) is 30.0. The predicted molar refractivity (Wildman–Crippen MR) is 118 cm³/mol. The highest BCUT2D eigenvalue weighted by atomic mass is 19.1. The molecule has 0 bridgehead atoms. The molecule has 0 spiro atoms. The second kappa shape index (κ2) is 8.48. The fraction of sp³-hybridized carbons (Fsp3) is 0.360. The lowest BCUT2D eigenvalue weighted by atomic mass is 9.98. The Balaban J connectivity index is 1.53. The average molecular weight is 437 g/mol. The van der Waals surface area contributed by atoms with E-state index in [0.29, 0.717) is 28.6 Å². The molecule has 1 saturated heterocycles. The van der Waals surface area contributed by atoms with Gasteiger partial charge in [0.15, 0.2) is 5.43 Å². The van der Waals surface area contributed by atoms with Crippen molar-refractivity contribution in [3.8, 4) is 0 Å². The van der Waals surface area contributed by atoms with E-state index in [9.17, 15) is 14.0 Å². The number of hydrogen-bond acceptors (Lipinski definition) is 4. The van der Waals surface area contributed by atoms with Gasteiger partial charge in [-0.05, 0) is 36.8 Å². The van der Waals surface area contributed by atoms with E-state index >= 15 is 0 Å². The van der Waals surface area contributed by atoms with Crippen LogP contribution in [0.1, 0.15) is 39.7 Å². The van der Waals surface area contributed by atoms with Crippen LogP contribution in [0.4, 0.5) is 4.39 Å². The van der Waals surface area contributed by atoms with Crippen molar-refractivity contribution in [2.45, 2.75) is 19.4 Å². The number of fused-ring (bicyclic) bond motifs is 2. The number of benzene rings is 2. The van der Waals surface area contributed by atoms with Gasteiger partial charge in [-0.25, -0.2) is 4.39 Å². The predicted octanol–water partition coefficient (Wildman–Crippen LogP) is 2.09. The van der Waals surface area contributed by atoms with Gasteiger partial charge in [0.25, 0.3) is 5.91 Å². The van der Waals surface area contributed by atoms with Gasteiger partial charge in [-0.2, -0.15) is 0 Å².